The van der Waals surface area contributed by atoms with Gasteiger partial charge in [-0.05, 0) is 0 Å². The van der Waals surface area contributed by atoms with Crippen molar-refractivity contribution in [3.05, 3.63) is 0 Å². The first-order valence-electron chi connectivity index (χ1n) is 1.66. The number of carbonyl (C=O) groups is 2. The second kappa shape index (κ2) is 4.24. The largest absolute Gasteiger partial charge is 0.291 e. The van der Waals surface area contributed by atoms with Crippen LogP contribution in [0.4, 0.5) is 0 Å². The van der Waals surface area contributed by atoms with E-state index in [4.69, 9.17) is 0 Å². The minimum atomic E-state index is -0.380. The molecule has 0 unspecified atom stereocenters. The molecule has 0 amide bonds. The predicted octanol–water partition coefficient (Wildman–Crippen LogP) is 0.162. The molecule has 3 heteroatoms. The van der Waals surface area contributed by atoms with E-state index in [1.807, 2.05) is 0 Å². The summed E-state index contributed by atoms with van der Waals surface area (Å²) in [6, 6.07) is 0. The van der Waals surface area contributed by atoms with Crippen LogP contribution in [0.3, 0.4) is 0 Å². The molecule has 0 spiro atoms. The number of hydrogen-bond donors (Lipinski definition) is 0. The van der Waals surface area contributed by atoms with Gasteiger partial charge in [0.05, 0.1) is 0 Å². The van der Waals surface area contributed by atoms with Crippen molar-refractivity contribution >= 4 is 11.6 Å². The molecule has 0 saturated heterocycles. The van der Waals surface area contributed by atoms with Crippen LogP contribution in [-0.2, 0) is 32.0 Å². The van der Waals surface area contributed by atoms with Crippen LogP contribution in [0, 0.1) is 0 Å². The van der Waals surface area contributed by atoms with E-state index in [-0.39, 0.29) is 33.9 Å². The zero-order valence-electron chi connectivity index (χ0n) is 4.12. The van der Waals surface area contributed by atoms with Gasteiger partial charge < -0.3 is 0 Å². The summed E-state index contributed by atoms with van der Waals surface area (Å²) in [5.74, 6) is -0.759. The molecule has 0 bridgehead atoms. The van der Waals surface area contributed by atoms with Crippen LogP contribution in [-0.4, -0.2) is 11.6 Å². The Morgan fingerprint density at radius 1 is 1.00 bits per heavy atom. The molecule has 0 aromatic carbocycles. The van der Waals surface area contributed by atoms with E-state index in [0.717, 1.165) is 0 Å². The van der Waals surface area contributed by atoms with Gasteiger partial charge in [-0.25, -0.2) is 0 Å². The number of Topliss-reactive ketones (excluding diaryl/α,β-unsaturated/α-hetero) is 2. The normalized spacial score (nSPS) is 6.57. The fourth-order valence-electron chi connectivity index (χ4n) is 0. The van der Waals surface area contributed by atoms with Crippen molar-refractivity contribution in [1.29, 1.82) is 0 Å². The smallest absolute Gasteiger partial charge is 0.195 e. The Labute approximate surface area is 57.8 Å². The quantitative estimate of drug-likeness (QED) is 0.440. The van der Waals surface area contributed by atoms with Crippen LogP contribution < -0.4 is 0 Å². The van der Waals surface area contributed by atoms with E-state index in [1.54, 1.807) is 0 Å². The summed E-state index contributed by atoms with van der Waals surface area (Å²) in [6.07, 6.45) is 0. The molecule has 2 nitrogen and oxygen atoms in total. The molecule has 0 atom stereocenters. The van der Waals surface area contributed by atoms with E-state index < -0.39 is 0 Å². The molecule has 0 fully saturated rings. The van der Waals surface area contributed by atoms with Gasteiger partial charge in [-0.15, -0.1) is 0 Å². The van der Waals surface area contributed by atoms with E-state index >= 15 is 0 Å². The molecule has 0 aromatic heterocycles. The summed E-state index contributed by atoms with van der Waals surface area (Å²) >= 11 is 0. The summed E-state index contributed by atoms with van der Waals surface area (Å²) in [4.78, 5) is 19.6. The Bertz CT molecular complexity index is 75.7. The van der Waals surface area contributed by atoms with Crippen molar-refractivity contribution in [2.45, 2.75) is 13.8 Å². The fourth-order valence-corrected chi connectivity index (χ4v) is 0. The first-order valence-corrected chi connectivity index (χ1v) is 1.66. The monoisotopic (exact) mass is 193 g/mol. The molecule has 0 aromatic rings. The van der Waals surface area contributed by atoms with Crippen LogP contribution in [0.15, 0.2) is 0 Å². The second-order valence-electron chi connectivity index (χ2n) is 1.11. The first kappa shape index (κ1) is 10.1. The van der Waals surface area contributed by atoms with Gasteiger partial charge in [0.25, 0.3) is 0 Å². The molecule has 45 valence electrons. The van der Waals surface area contributed by atoms with Gasteiger partial charge in [0.2, 0.25) is 0 Å². The van der Waals surface area contributed by atoms with Crippen molar-refractivity contribution in [3.8, 4) is 0 Å². The average Bonchev–Trinajstić information content (AvgIpc) is 1.36. The number of hydrogen-bond acceptors (Lipinski definition) is 2. The van der Waals surface area contributed by atoms with E-state index in [1.165, 1.54) is 13.8 Å². The van der Waals surface area contributed by atoms with Crippen LogP contribution >= 0.6 is 0 Å². The van der Waals surface area contributed by atoms with Crippen molar-refractivity contribution in [1.82, 2.24) is 0 Å². The minimum Gasteiger partial charge on any atom is -0.291 e. The molecule has 0 aliphatic rings. The maximum Gasteiger partial charge on any atom is 0.195 e. The van der Waals surface area contributed by atoms with Gasteiger partial charge >= 0.3 is 0 Å². The molecule has 1 radical (unpaired) electrons. The molecule has 0 saturated carbocycles. The summed E-state index contributed by atoms with van der Waals surface area (Å²) in [5.41, 5.74) is 0. The van der Waals surface area contributed by atoms with E-state index in [0.29, 0.717) is 0 Å². The molecule has 0 heterocycles. The Morgan fingerprint density at radius 3 is 1.14 bits per heavy atom. The van der Waals surface area contributed by atoms with Gasteiger partial charge in [0.15, 0.2) is 11.6 Å². The van der Waals surface area contributed by atoms with Gasteiger partial charge in [-0.2, -0.15) is 0 Å². The number of ketones is 2. The topological polar surface area (TPSA) is 34.1 Å². The number of rotatable bonds is 1. The Kier molecular flexibility index (Phi) is 6.15. The third-order valence-corrected chi connectivity index (χ3v) is 0.496. The SMILES string of the molecule is CC(=O)C(C)=O.[Ag]. The van der Waals surface area contributed by atoms with E-state index in [9.17, 15) is 9.59 Å². The second-order valence-corrected chi connectivity index (χ2v) is 1.11. The van der Waals surface area contributed by atoms with Gasteiger partial charge in [0.1, 0.15) is 0 Å². The molecular weight excluding hydrogens is 188 g/mol. The number of carbonyl (C=O) groups excluding carboxylic acids is 2. The van der Waals surface area contributed by atoms with Crippen LogP contribution in [0.2, 0.25) is 0 Å². The van der Waals surface area contributed by atoms with Crippen LogP contribution in [0.5, 0.6) is 0 Å². The van der Waals surface area contributed by atoms with Crippen molar-refractivity contribution < 1.29 is 32.0 Å². The van der Waals surface area contributed by atoms with Crippen LogP contribution in [0.25, 0.3) is 0 Å². The zero-order valence-corrected chi connectivity index (χ0v) is 5.60. The maximum absolute atomic E-state index is 9.79. The van der Waals surface area contributed by atoms with Crippen LogP contribution in [0.1, 0.15) is 13.8 Å². The van der Waals surface area contributed by atoms with E-state index in [2.05, 4.69) is 0 Å². The van der Waals surface area contributed by atoms with Crippen molar-refractivity contribution in [2.75, 3.05) is 0 Å². The molecule has 0 aliphatic carbocycles. The molecule has 0 N–H and O–H groups in total. The predicted molar refractivity (Wildman–Crippen MR) is 21.4 cm³/mol. The zero-order chi connectivity index (χ0) is 5.15. The molecule has 0 aliphatic heterocycles. The summed E-state index contributed by atoms with van der Waals surface area (Å²) < 4.78 is 0. The fraction of sp³-hybridized carbons (Fsp3) is 0.500. The Balaban J connectivity index is 0. The summed E-state index contributed by atoms with van der Waals surface area (Å²) in [7, 11) is 0. The van der Waals surface area contributed by atoms with Crippen molar-refractivity contribution in [3.63, 3.8) is 0 Å². The van der Waals surface area contributed by atoms with Gasteiger partial charge in [-0.3, -0.25) is 9.59 Å². The Morgan fingerprint density at radius 2 is 1.14 bits per heavy atom. The Hall–Kier alpha value is 0.0803. The maximum atomic E-state index is 9.79. The van der Waals surface area contributed by atoms with Crippen molar-refractivity contribution in [2.24, 2.45) is 0 Å². The molecule has 0 rings (SSSR count). The third kappa shape index (κ3) is 6.08. The standard InChI is InChI=1S/C4H6O2.Ag/c1-3(5)4(2)6;/h1-2H3;. The third-order valence-electron chi connectivity index (χ3n) is 0.496. The minimum absolute atomic E-state index is 0. The molecular formula is C4H6AgO2. The van der Waals surface area contributed by atoms with Gasteiger partial charge in [-0.1, -0.05) is 0 Å². The first-order chi connectivity index (χ1) is 2.64. The van der Waals surface area contributed by atoms with Gasteiger partial charge in [0, 0.05) is 36.2 Å². The molecule has 7 heavy (non-hydrogen) atoms. The average molecular weight is 194 g/mol. The summed E-state index contributed by atoms with van der Waals surface area (Å²) in [5, 5.41) is 0. The summed E-state index contributed by atoms with van der Waals surface area (Å²) in [6.45, 7) is 2.50.